The molecule has 1 aliphatic rings. The number of hydrogen-bond donors (Lipinski definition) is 3. The first-order valence-electron chi connectivity index (χ1n) is 14.7. The maximum absolute atomic E-state index is 13.2. The number of rotatable bonds is 9. The summed E-state index contributed by atoms with van der Waals surface area (Å²) in [4.78, 5) is 39.8. The molecule has 0 saturated carbocycles. The van der Waals surface area contributed by atoms with E-state index in [1.165, 1.54) is 4.90 Å². The Balaban J connectivity index is 2.93. The standard InChI is InChI=1S/C29H55N3O5/c1-7-9-17-30-28(35)22(4)19-26(33)25-18-21(3)15-12-10-11-13-16-24(14-8-2)37-20-27(34)32(6)23(5)29(36)31-25/h21-26,33H,7-20H2,1-6H3,(H,30,35)(H,31,36)/t21-,22?,23+,24?,25+,26?/m1/s1. The lowest BCUT2D eigenvalue weighted by Gasteiger charge is -2.31. The van der Waals surface area contributed by atoms with Crippen molar-refractivity contribution in [3.05, 3.63) is 0 Å². The Morgan fingerprint density at radius 2 is 1.81 bits per heavy atom. The Labute approximate surface area is 225 Å². The molecule has 216 valence electrons. The predicted molar refractivity (Wildman–Crippen MR) is 148 cm³/mol. The van der Waals surface area contributed by atoms with Gasteiger partial charge in [-0.3, -0.25) is 14.4 Å². The summed E-state index contributed by atoms with van der Waals surface area (Å²) in [6, 6.07) is -1.18. The molecule has 37 heavy (non-hydrogen) atoms. The highest BCUT2D eigenvalue weighted by Crippen LogP contribution is 2.22. The van der Waals surface area contributed by atoms with Crippen molar-refractivity contribution < 1.29 is 24.2 Å². The minimum absolute atomic E-state index is 0.0352. The minimum atomic E-state index is -0.855. The second-order valence-corrected chi connectivity index (χ2v) is 11.2. The van der Waals surface area contributed by atoms with E-state index in [0.29, 0.717) is 18.9 Å². The van der Waals surface area contributed by atoms with Gasteiger partial charge in [0.1, 0.15) is 12.6 Å². The summed E-state index contributed by atoms with van der Waals surface area (Å²) < 4.78 is 5.95. The Morgan fingerprint density at radius 1 is 1.14 bits per heavy atom. The van der Waals surface area contributed by atoms with Crippen molar-refractivity contribution in [2.45, 2.75) is 136 Å². The highest BCUT2D eigenvalue weighted by Gasteiger charge is 2.30. The highest BCUT2D eigenvalue weighted by atomic mass is 16.5. The molecular weight excluding hydrogens is 470 g/mol. The molecule has 0 radical (unpaired) electrons. The van der Waals surface area contributed by atoms with Crippen LogP contribution in [0.3, 0.4) is 0 Å². The monoisotopic (exact) mass is 525 g/mol. The molecule has 1 heterocycles. The molecule has 1 fully saturated rings. The number of amides is 3. The number of nitrogens with one attached hydrogen (secondary N) is 2. The first-order valence-corrected chi connectivity index (χ1v) is 14.7. The molecule has 3 unspecified atom stereocenters. The van der Waals surface area contributed by atoms with Crippen LogP contribution in [-0.2, 0) is 19.1 Å². The number of unbranched alkanes of at least 4 members (excludes halogenated alkanes) is 1. The maximum atomic E-state index is 13.2. The van der Waals surface area contributed by atoms with Gasteiger partial charge in [0.25, 0.3) is 0 Å². The summed E-state index contributed by atoms with van der Waals surface area (Å²) in [5.74, 6) is -0.651. The van der Waals surface area contributed by atoms with Crippen molar-refractivity contribution in [3.8, 4) is 0 Å². The molecule has 0 aromatic rings. The van der Waals surface area contributed by atoms with E-state index in [-0.39, 0.29) is 42.8 Å². The molecule has 1 aliphatic heterocycles. The van der Waals surface area contributed by atoms with Gasteiger partial charge in [-0.05, 0) is 44.9 Å². The molecular formula is C29H55N3O5. The number of aliphatic hydroxyl groups excluding tert-OH is 1. The fourth-order valence-electron chi connectivity index (χ4n) is 4.90. The third-order valence-corrected chi connectivity index (χ3v) is 7.70. The predicted octanol–water partition coefficient (Wildman–Crippen LogP) is 4.19. The van der Waals surface area contributed by atoms with E-state index in [1.807, 2.05) is 6.92 Å². The molecule has 0 aromatic carbocycles. The third kappa shape index (κ3) is 13.1. The van der Waals surface area contributed by atoms with Crippen LogP contribution < -0.4 is 10.6 Å². The molecule has 3 amide bonds. The Hall–Kier alpha value is -1.67. The Kier molecular flexibility index (Phi) is 16.7. The molecule has 0 bridgehead atoms. The van der Waals surface area contributed by atoms with Crippen LogP contribution in [0.5, 0.6) is 0 Å². The fourth-order valence-corrected chi connectivity index (χ4v) is 4.90. The first-order chi connectivity index (χ1) is 17.6. The second kappa shape index (κ2) is 18.6. The number of ether oxygens (including phenoxy) is 1. The summed E-state index contributed by atoms with van der Waals surface area (Å²) in [7, 11) is 1.62. The quantitative estimate of drug-likeness (QED) is 0.391. The van der Waals surface area contributed by atoms with Gasteiger partial charge in [-0.1, -0.05) is 72.6 Å². The van der Waals surface area contributed by atoms with E-state index in [0.717, 1.165) is 64.2 Å². The van der Waals surface area contributed by atoms with E-state index in [9.17, 15) is 19.5 Å². The number of likely N-dealkylation sites (N-methyl/N-ethyl adjacent to an activating group) is 1. The average molecular weight is 526 g/mol. The van der Waals surface area contributed by atoms with Crippen molar-refractivity contribution in [1.29, 1.82) is 0 Å². The highest BCUT2D eigenvalue weighted by molar-refractivity contribution is 5.87. The van der Waals surface area contributed by atoms with Crippen LogP contribution >= 0.6 is 0 Å². The normalized spacial score (nSPS) is 27.2. The number of carbonyl (C=O) groups excluding carboxylic acids is 3. The van der Waals surface area contributed by atoms with Gasteiger partial charge < -0.3 is 25.4 Å². The van der Waals surface area contributed by atoms with Crippen molar-refractivity contribution in [2.24, 2.45) is 11.8 Å². The van der Waals surface area contributed by atoms with E-state index in [2.05, 4.69) is 31.4 Å². The molecule has 0 aromatic heterocycles. The van der Waals surface area contributed by atoms with Crippen LogP contribution in [0.4, 0.5) is 0 Å². The van der Waals surface area contributed by atoms with Crippen LogP contribution in [0.2, 0.25) is 0 Å². The van der Waals surface area contributed by atoms with Crippen LogP contribution in [0.25, 0.3) is 0 Å². The molecule has 8 nitrogen and oxygen atoms in total. The van der Waals surface area contributed by atoms with Crippen LogP contribution in [0.1, 0.15) is 112 Å². The van der Waals surface area contributed by atoms with Crippen molar-refractivity contribution >= 4 is 17.7 Å². The lowest BCUT2D eigenvalue weighted by atomic mass is 9.89. The first kappa shape index (κ1) is 33.4. The number of aliphatic hydroxyl groups is 1. The Morgan fingerprint density at radius 3 is 2.46 bits per heavy atom. The van der Waals surface area contributed by atoms with Crippen molar-refractivity contribution in [1.82, 2.24) is 15.5 Å². The number of carbonyl (C=O) groups is 3. The fraction of sp³-hybridized carbons (Fsp3) is 0.897. The zero-order valence-electron chi connectivity index (χ0n) is 24.4. The summed E-state index contributed by atoms with van der Waals surface area (Å²) in [5.41, 5.74) is 0. The molecule has 6 atom stereocenters. The minimum Gasteiger partial charge on any atom is -0.391 e. The van der Waals surface area contributed by atoms with Crippen LogP contribution in [0.15, 0.2) is 0 Å². The van der Waals surface area contributed by atoms with E-state index in [4.69, 9.17) is 4.74 Å². The summed E-state index contributed by atoms with van der Waals surface area (Å²) in [6.07, 6.45) is 10.4. The summed E-state index contributed by atoms with van der Waals surface area (Å²) >= 11 is 0. The van der Waals surface area contributed by atoms with Crippen molar-refractivity contribution in [3.63, 3.8) is 0 Å². The molecule has 3 N–H and O–H groups in total. The maximum Gasteiger partial charge on any atom is 0.248 e. The van der Waals surface area contributed by atoms with Crippen LogP contribution in [-0.4, -0.2) is 72.2 Å². The zero-order chi connectivity index (χ0) is 27.8. The number of hydrogen-bond acceptors (Lipinski definition) is 5. The SMILES string of the molecule is CCCCNC(=O)C(C)CC(O)[C@@H]1C[C@H](C)CCCCCCC(CCC)OCC(=O)N(C)[C@@H](C)C(=O)N1. The van der Waals surface area contributed by atoms with Gasteiger partial charge in [-0.2, -0.15) is 0 Å². The average Bonchev–Trinajstić information content (AvgIpc) is 2.86. The van der Waals surface area contributed by atoms with Crippen LogP contribution in [0, 0.1) is 11.8 Å². The third-order valence-electron chi connectivity index (χ3n) is 7.70. The summed E-state index contributed by atoms with van der Waals surface area (Å²) in [5, 5.41) is 17.1. The molecule has 1 saturated heterocycles. The lowest BCUT2D eigenvalue weighted by Crippen LogP contribution is -2.53. The zero-order valence-corrected chi connectivity index (χ0v) is 24.4. The second-order valence-electron chi connectivity index (χ2n) is 11.2. The summed E-state index contributed by atoms with van der Waals surface area (Å²) in [6.45, 7) is 10.5. The number of nitrogens with zero attached hydrogens (tertiary/aromatic N) is 1. The molecule has 1 rings (SSSR count). The van der Waals surface area contributed by atoms with Gasteiger partial charge in [0.15, 0.2) is 0 Å². The van der Waals surface area contributed by atoms with Gasteiger partial charge in [0.2, 0.25) is 17.7 Å². The smallest absolute Gasteiger partial charge is 0.248 e. The molecule has 0 aliphatic carbocycles. The Bertz CT molecular complexity index is 674. The van der Waals surface area contributed by atoms with E-state index >= 15 is 0 Å². The van der Waals surface area contributed by atoms with Gasteiger partial charge in [-0.25, -0.2) is 0 Å². The van der Waals surface area contributed by atoms with Gasteiger partial charge in [0, 0.05) is 19.5 Å². The van der Waals surface area contributed by atoms with Gasteiger partial charge >= 0.3 is 0 Å². The van der Waals surface area contributed by atoms with Gasteiger partial charge in [0.05, 0.1) is 18.2 Å². The van der Waals surface area contributed by atoms with E-state index in [1.54, 1.807) is 14.0 Å². The molecule has 0 spiro atoms. The van der Waals surface area contributed by atoms with E-state index < -0.39 is 18.2 Å². The van der Waals surface area contributed by atoms with Crippen molar-refractivity contribution in [2.75, 3.05) is 20.2 Å². The largest absolute Gasteiger partial charge is 0.391 e. The lowest BCUT2D eigenvalue weighted by molar-refractivity contribution is -0.144. The topological polar surface area (TPSA) is 108 Å². The molecule has 8 heteroatoms. The van der Waals surface area contributed by atoms with Gasteiger partial charge in [-0.15, -0.1) is 0 Å².